The van der Waals surface area contributed by atoms with Crippen molar-refractivity contribution in [2.75, 3.05) is 13.1 Å². The fourth-order valence-corrected chi connectivity index (χ4v) is 3.82. The minimum absolute atomic E-state index is 0.00818. The summed E-state index contributed by atoms with van der Waals surface area (Å²) in [6, 6.07) is 16.5. The molecule has 0 unspecified atom stereocenters. The van der Waals surface area contributed by atoms with Gasteiger partial charge in [0.25, 0.3) is 5.91 Å². The molecule has 1 atom stereocenters. The zero-order valence-electron chi connectivity index (χ0n) is 16.4. The van der Waals surface area contributed by atoms with Crippen LogP contribution in [0.15, 0.2) is 54.6 Å². The molecular formula is C23H27ClN2O2. The molecule has 0 aromatic heterocycles. The average Bonchev–Trinajstić information content (AvgIpc) is 2.72. The van der Waals surface area contributed by atoms with E-state index < -0.39 is 6.04 Å². The molecule has 3 rings (SSSR count). The standard InChI is InChI=1S/C23H27ClN2O2/c1-16(2)21(25-22(27)19-6-4-3-5-7-19)23(28)26-14-12-18(13-15-26)17-8-10-20(24)11-9-17/h3-11,16,18,21H,12-15H2,1-2H3,(H,25,27)/t21-/m0/s1. The molecule has 2 amide bonds. The topological polar surface area (TPSA) is 49.4 Å². The Morgan fingerprint density at radius 3 is 2.18 bits per heavy atom. The Kier molecular flexibility index (Phi) is 6.74. The summed E-state index contributed by atoms with van der Waals surface area (Å²) in [6.07, 6.45) is 1.84. The Bertz CT molecular complexity index is 797. The molecular weight excluding hydrogens is 372 g/mol. The van der Waals surface area contributed by atoms with Crippen LogP contribution >= 0.6 is 11.6 Å². The number of halogens is 1. The maximum Gasteiger partial charge on any atom is 0.251 e. The van der Waals surface area contributed by atoms with E-state index in [9.17, 15) is 9.59 Å². The highest BCUT2D eigenvalue weighted by Gasteiger charge is 2.31. The lowest BCUT2D eigenvalue weighted by atomic mass is 9.89. The quantitative estimate of drug-likeness (QED) is 0.806. The molecule has 1 saturated heterocycles. The van der Waals surface area contributed by atoms with Crippen molar-refractivity contribution in [3.63, 3.8) is 0 Å². The Labute approximate surface area is 171 Å². The predicted molar refractivity (Wildman–Crippen MR) is 113 cm³/mol. The summed E-state index contributed by atoms with van der Waals surface area (Å²) < 4.78 is 0. The molecule has 1 N–H and O–H groups in total. The van der Waals surface area contributed by atoms with Crippen LogP contribution in [0.5, 0.6) is 0 Å². The van der Waals surface area contributed by atoms with E-state index in [1.165, 1.54) is 5.56 Å². The van der Waals surface area contributed by atoms with Crippen LogP contribution in [-0.2, 0) is 4.79 Å². The van der Waals surface area contributed by atoms with E-state index in [2.05, 4.69) is 17.4 Å². The summed E-state index contributed by atoms with van der Waals surface area (Å²) in [5.41, 5.74) is 1.84. The summed E-state index contributed by atoms with van der Waals surface area (Å²) in [6.45, 7) is 5.34. The van der Waals surface area contributed by atoms with Gasteiger partial charge >= 0.3 is 0 Å². The van der Waals surface area contributed by atoms with Crippen molar-refractivity contribution in [3.8, 4) is 0 Å². The maximum absolute atomic E-state index is 13.1. The van der Waals surface area contributed by atoms with Gasteiger partial charge in [0.15, 0.2) is 0 Å². The van der Waals surface area contributed by atoms with Crippen molar-refractivity contribution in [2.45, 2.75) is 38.6 Å². The van der Waals surface area contributed by atoms with E-state index in [1.807, 2.05) is 49.1 Å². The lowest BCUT2D eigenvalue weighted by Gasteiger charge is -2.35. The molecule has 0 aliphatic carbocycles. The van der Waals surface area contributed by atoms with E-state index in [0.29, 0.717) is 24.6 Å². The molecule has 2 aromatic carbocycles. The van der Waals surface area contributed by atoms with Crippen LogP contribution in [0.25, 0.3) is 0 Å². The van der Waals surface area contributed by atoms with Gasteiger partial charge in [-0.05, 0) is 54.5 Å². The van der Waals surface area contributed by atoms with Gasteiger partial charge in [0.1, 0.15) is 6.04 Å². The van der Waals surface area contributed by atoms with E-state index in [-0.39, 0.29) is 17.7 Å². The molecule has 5 heteroatoms. The van der Waals surface area contributed by atoms with Crippen LogP contribution in [-0.4, -0.2) is 35.8 Å². The van der Waals surface area contributed by atoms with Gasteiger partial charge < -0.3 is 10.2 Å². The van der Waals surface area contributed by atoms with Crippen molar-refractivity contribution < 1.29 is 9.59 Å². The normalized spacial score (nSPS) is 16.1. The van der Waals surface area contributed by atoms with Gasteiger partial charge in [-0.1, -0.05) is 55.8 Å². The molecule has 4 nitrogen and oxygen atoms in total. The number of hydrogen-bond donors (Lipinski definition) is 1. The number of carbonyl (C=O) groups excluding carboxylic acids is 2. The Morgan fingerprint density at radius 1 is 1.00 bits per heavy atom. The molecule has 1 fully saturated rings. The van der Waals surface area contributed by atoms with Crippen molar-refractivity contribution >= 4 is 23.4 Å². The number of rotatable bonds is 5. The van der Waals surface area contributed by atoms with Gasteiger partial charge in [0, 0.05) is 23.7 Å². The van der Waals surface area contributed by atoms with Gasteiger partial charge in [-0.2, -0.15) is 0 Å². The van der Waals surface area contributed by atoms with Crippen LogP contribution < -0.4 is 5.32 Å². The third-order valence-corrected chi connectivity index (χ3v) is 5.66. The molecule has 2 aromatic rings. The van der Waals surface area contributed by atoms with Crippen LogP contribution in [0.4, 0.5) is 0 Å². The molecule has 1 aliphatic rings. The molecule has 1 heterocycles. The second-order valence-electron chi connectivity index (χ2n) is 7.71. The number of benzene rings is 2. The third-order valence-electron chi connectivity index (χ3n) is 5.40. The molecule has 0 bridgehead atoms. The molecule has 1 aliphatic heterocycles. The second kappa shape index (κ2) is 9.24. The third kappa shape index (κ3) is 4.93. The second-order valence-corrected chi connectivity index (χ2v) is 8.15. The van der Waals surface area contributed by atoms with E-state index in [4.69, 9.17) is 11.6 Å². The number of likely N-dealkylation sites (tertiary alicyclic amines) is 1. The van der Waals surface area contributed by atoms with Crippen molar-refractivity contribution in [2.24, 2.45) is 5.92 Å². The maximum atomic E-state index is 13.1. The molecule has 0 radical (unpaired) electrons. The van der Waals surface area contributed by atoms with Crippen molar-refractivity contribution in [1.29, 1.82) is 0 Å². The highest BCUT2D eigenvalue weighted by atomic mass is 35.5. The lowest BCUT2D eigenvalue weighted by Crippen LogP contribution is -2.52. The Morgan fingerprint density at radius 2 is 1.61 bits per heavy atom. The highest BCUT2D eigenvalue weighted by molar-refractivity contribution is 6.30. The van der Waals surface area contributed by atoms with Crippen LogP contribution in [0, 0.1) is 5.92 Å². The number of nitrogens with zero attached hydrogens (tertiary/aromatic N) is 1. The van der Waals surface area contributed by atoms with E-state index >= 15 is 0 Å². The van der Waals surface area contributed by atoms with Crippen molar-refractivity contribution in [1.82, 2.24) is 10.2 Å². The SMILES string of the molecule is CC(C)[C@H](NC(=O)c1ccccc1)C(=O)N1CCC(c2ccc(Cl)cc2)CC1. The van der Waals surface area contributed by atoms with E-state index in [0.717, 1.165) is 17.9 Å². The summed E-state index contributed by atoms with van der Waals surface area (Å²) in [5, 5.41) is 3.68. The van der Waals surface area contributed by atoms with Gasteiger partial charge in [-0.15, -0.1) is 0 Å². The Hall–Kier alpha value is -2.33. The van der Waals surface area contributed by atoms with Gasteiger partial charge in [0.05, 0.1) is 0 Å². The number of carbonyl (C=O) groups is 2. The number of piperidine rings is 1. The first-order valence-electron chi connectivity index (χ1n) is 9.86. The number of hydrogen-bond acceptors (Lipinski definition) is 2. The summed E-state index contributed by atoms with van der Waals surface area (Å²) in [4.78, 5) is 27.5. The fraction of sp³-hybridized carbons (Fsp3) is 0.391. The summed E-state index contributed by atoms with van der Waals surface area (Å²) in [7, 11) is 0. The highest BCUT2D eigenvalue weighted by Crippen LogP contribution is 2.29. The summed E-state index contributed by atoms with van der Waals surface area (Å²) >= 11 is 5.98. The van der Waals surface area contributed by atoms with Crippen molar-refractivity contribution in [3.05, 3.63) is 70.7 Å². The monoisotopic (exact) mass is 398 g/mol. The number of nitrogens with one attached hydrogen (secondary N) is 1. The van der Waals surface area contributed by atoms with Crippen LogP contribution in [0.3, 0.4) is 0 Å². The lowest BCUT2D eigenvalue weighted by molar-refractivity contribution is -0.135. The number of amides is 2. The predicted octanol–water partition coefficient (Wildman–Crippen LogP) is 4.50. The summed E-state index contributed by atoms with van der Waals surface area (Å²) in [5.74, 6) is 0.268. The first kappa shape index (κ1) is 20.4. The molecule has 28 heavy (non-hydrogen) atoms. The largest absolute Gasteiger partial charge is 0.341 e. The minimum atomic E-state index is -0.514. The van der Waals surface area contributed by atoms with E-state index in [1.54, 1.807) is 12.1 Å². The molecule has 148 valence electrons. The zero-order valence-corrected chi connectivity index (χ0v) is 17.2. The fourth-order valence-electron chi connectivity index (χ4n) is 3.69. The van der Waals surface area contributed by atoms with Crippen LogP contribution in [0.2, 0.25) is 5.02 Å². The first-order chi connectivity index (χ1) is 13.5. The van der Waals surface area contributed by atoms with Gasteiger partial charge in [-0.3, -0.25) is 9.59 Å². The smallest absolute Gasteiger partial charge is 0.251 e. The van der Waals surface area contributed by atoms with Gasteiger partial charge in [0.2, 0.25) is 5.91 Å². The molecule has 0 spiro atoms. The minimum Gasteiger partial charge on any atom is -0.341 e. The first-order valence-corrected chi connectivity index (χ1v) is 10.2. The van der Waals surface area contributed by atoms with Gasteiger partial charge in [-0.25, -0.2) is 0 Å². The zero-order chi connectivity index (χ0) is 20.1. The molecule has 0 saturated carbocycles. The Balaban J connectivity index is 1.61. The van der Waals surface area contributed by atoms with Crippen LogP contribution in [0.1, 0.15) is 48.5 Å². The average molecular weight is 399 g/mol.